The maximum absolute atomic E-state index is 12.8. The zero-order valence-corrected chi connectivity index (χ0v) is 17.3. The third-order valence-electron chi connectivity index (χ3n) is 4.19. The molecule has 0 aliphatic carbocycles. The van der Waals surface area contributed by atoms with Crippen molar-refractivity contribution in [1.29, 1.82) is 0 Å². The van der Waals surface area contributed by atoms with Crippen LogP contribution in [0.3, 0.4) is 0 Å². The highest BCUT2D eigenvalue weighted by Crippen LogP contribution is 2.31. The van der Waals surface area contributed by atoms with E-state index in [1.807, 2.05) is 18.2 Å². The molecule has 1 N–H and O–H groups in total. The lowest BCUT2D eigenvalue weighted by atomic mass is 10.2. The Morgan fingerprint density at radius 2 is 1.58 bits per heavy atom. The summed E-state index contributed by atoms with van der Waals surface area (Å²) in [6.07, 6.45) is 1.59. The van der Waals surface area contributed by atoms with Crippen molar-refractivity contribution >= 4 is 16.0 Å². The lowest BCUT2D eigenvalue weighted by molar-refractivity contribution is 0.399. The van der Waals surface area contributed by atoms with Gasteiger partial charge in [-0.15, -0.1) is 0 Å². The van der Waals surface area contributed by atoms with Crippen LogP contribution < -0.4 is 14.2 Å². The number of nitrogens with one attached hydrogen (secondary N) is 1. The molecule has 0 bridgehead atoms. The number of rotatable bonds is 7. The minimum Gasteiger partial charge on any atom is -0.481 e. The van der Waals surface area contributed by atoms with Crippen molar-refractivity contribution < 1.29 is 17.9 Å². The van der Waals surface area contributed by atoms with Crippen molar-refractivity contribution in [2.24, 2.45) is 0 Å². The Labute approximate surface area is 179 Å². The number of nitrogens with zero attached hydrogens (tertiary/aromatic N) is 3. The highest BCUT2D eigenvalue weighted by molar-refractivity contribution is 7.92. The van der Waals surface area contributed by atoms with Gasteiger partial charge in [0.2, 0.25) is 17.7 Å². The number of hydrogen-bond donors (Lipinski definition) is 1. The Hall–Kier alpha value is -3.98. The standard InChI is InChI=1S/C22H18N4O4S/c1-29-21-18(13-8-14-23-21)19-15-20(30-16-9-4-2-5-10-16)25-22(24-19)26-31(27,28)17-11-6-3-7-12-17/h2-15H,1H3,(H,24,25,26). The van der Waals surface area contributed by atoms with Crippen LogP contribution in [0.4, 0.5) is 5.95 Å². The first-order chi connectivity index (χ1) is 15.0. The molecule has 4 rings (SSSR count). The summed E-state index contributed by atoms with van der Waals surface area (Å²) < 4.78 is 39.1. The van der Waals surface area contributed by atoms with Gasteiger partial charge in [-0.1, -0.05) is 36.4 Å². The van der Waals surface area contributed by atoms with E-state index in [1.165, 1.54) is 19.2 Å². The van der Waals surface area contributed by atoms with Gasteiger partial charge in [-0.3, -0.25) is 0 Å². The molecular formula is C22H18N4O4S. The minimum atomic E-state index is -3.90. The summed E-state index contributed by atoms with van der Waals surface area (Å²) in [5, 5.41) is 0. The van der Waals surface area contributed by atoms with E-state index < -0.39 is 10.0 Å². The normalized spacial score (nSPS) is 11.0. The number of anilines is 1. The van der Waals surface area contributed by atoms with E-state index in [2.05, 4.69) is 19.7 Å². The van der Waals surface area contributed by atoms with E-state index in [4.69, 9.17) is 9.47 Å². The maximum Gasteiger partial charge on any atom is 0.264 e. The highest BCUT2D eigenvalue weighted by Gasteiger charge is 2.18. The fourth-order valence-electron chi connectivity index (χ4n) is 2.80. The summed E-state index contributed by atoms with van der Waals surface area (Å²) in [4.78, 5) is 12.9. The predicted molar refractivity (Wildman–Crippen MR) is 116 cm³/mol. The topological polar surface area (TPSA) is 103 Å². The summed E-state index contributed by atoms with van der Waals surface area (Å²) in [5.41, 5.74) is 0.946. The van der Waals surface area contributed by atoms with Gasteiger partial charge in [-0.2, -0.15) is 4.98 Å². The van der Waals surface area contributed by atoms with Gasteiger partial charge >= 0.3 is 0 Å². The molecule has 2 aromatic heterocycles. The van der Waals surface area contributed by atoms with Crippen LogP contribution >= 0.6 is 0 Å². The molecule has 0 amide bonds. The van der Waals surface area contributed by atoms with Crippen LogP contribution in [0.5, 0.6) is 17.5 Å². The second kappa shape index (κ2) is 8.80. The molecule has 0 aliphatic rings. The van der Waals surface area contributed by atoms with Crippen molar-refractivity contribution in [3.8, 4) is 28.8 Å². The molecule has 0 unspecified atom stereocenters. The second-order valence-electron chi connectivity index (χ2n) is 6.31. The molecule has 0 atom stereocenters. The highest BCUT2D eigenvalue weighted by atomic mass is 32.2. The molecule has 2 heterocycles. The van der Waals surface area contributed by atoms with Crippen molar-refractivity contribution in [3.63, 3.8) is 0 Å². The first-order valence-corrected chi connectivity index (χ1v) is 10.7. The quantitative estimate of drug-likeness (QED) is 0.466. The number of methoxy groups -OCH3 is 1. The second-order valence-corrected chi connectivity index (χ2v) is 7.99. The van der Waals surface area contributed by atoms with Gasteiger partial charge < -0.3 is 9.47 Å². The summed E-state index contributed by atoms with van der Waals surface area (Å²) in [6.45, 7) is 0. The molecule has 2 aromatic carbocycles. The van der Waals surface area contributed by atoms with Gasteiger partial charge in [0.1, 0.15) is 5.75 Å². The zero-order valence-electron chi connectivity index (χ0n) is 16.5. The third-order valence-corrected chi connectivity index (χ3v) is 5.53. The van der Waals surface area contributed by atoms with E-state index in [0.29, 0.717) is 22.9 Å². The summed E-state index contributed by atoms with van der Waals surface area (Å²) >= 11 is 0. The van der Waals surface area contributed by atoms with Crippen molar-refractivity contribution in [1.82, 2.24) is 15.0 Å². The molecule has 0 saturated heterocycles. The van der Waals surface area contributed by atoms with E-state index in [1.54, 1.807) is 54.7 Å². The number of hydrogen-bond acceptors (Lipinski definition) is 7. The molecule has 0 radical (unpaired) electrons. The maximum atomic E-state index is 12.8. The van der Waals surface area contributed by atoms with Crippen LogP contribution in [0.15, 0.2) is 90.0 Å². The zero-order chi connectivity index (χ0) is 21.7. The molecule has 0 aliphatic heterocycles. The van der Waals surface area contributed by atoms with Gasteiger partial charge in [-0.05, 0) is 36.4 Å². The third kappa shape index (κ3) is 4.78. The van der Waals surface area contributed by atoms with Gasteiger partial charge in [0, 0.05) is 12.3 Å². The Bertz CT molecular complexity index is 1280. The summed E-state index contributed by atoms with van der Waals surface area (Å²) in [7, 11) is -2.40. The van der Waals surface area contributed by atoms with Gasteiger partial charge in [0.15, 0.2) is 0 Å². The molecule has 4 aromatic rings. The van der Waals surface area contributed by atoms with Gasteiger partial charge in [0.05, 0.1) is 23.3 Å². The first-order valence-electron chi connectivity index (χ1n) is 9.24. The van der Waals surface area contributed by atoms with Crippen LogP contribution in [0, 0.1) is 0 Å². The largest absolute Gasteiger partial charge is 0.481 e. The van der Waals surface area contributed by atoms with E-state index in [0.717, 1.165) is 0 Å². The average molecular weight is 434 g/mol. The molecule has 0 saturated carbocycles. The van der Waals surface area contributed by atoms with E-state index >= 15 is 0 Å². The summed E-state index contributed by atoms with van der Waals surface area (Å²) in [6, 6.07) is 22.1. The van der Waals surface area contributed by atoms with Crippen LogP contribution in [0.2, 0.25) is 0 Å². The molecule has 31 heavy (non-hydrogen) atoms. The number of benzene rings is 2. The first kappa shape index (κ1) is 20.3. The molecular weight excluding hydrogens is 416 g/mol. The van der Waals surface area contributed by atoms with Crippen LogP contribution in [-0.2, 0) is 10.0 Å². The van der Waals surface area contributed by atoms with Crippen molar-refractivity contribution in [2.75, 3.05) is 11.8 Å². The van der Waals surface area contributed by atoms with Gasteiger partial charge in [0.25, 0.3) is 10.0 Å². The molecule has 0 fully saturated rings. The average Bonchev–Trinajstić information content (AvgIpc) is 2.80. The molecule has 0 spiro atoms. The lowest BCUT2D eigenvalue weighted by Gasteiger charge is -2.12. The van der Waals surface area contributed by atoms with E-state index in [-0.39, 0.29) is 16.7 Å². The molecule has 8 nitrogen and oxygen atoms in total. The van der Waals surface area contributed by atoms with Crippen LogP contribution in [0.25, 0.3) is 11.3 Å². The van der Waals surface area contributed by atoms with Crippen molar-refractivity contribution in [3.05, 3.63) is 85.1 Å². The smallest absolute Gasteiger partial charge is 0.264 e. The lowest BCUT2D eigenvalue weighted by Crippen LogP contribution is -2.15. The molecule has 9 heteroatoms. The number of pyridine rings is 1. The number of para-hydroxylation sites is 1. The van der Waals surface area contributed by atoms with E-state index in [9.17, 15) is 8.42 Å². The number of aromatic nitrogens is 3. The van der Waals surface area contributed by atoms with Gasteiger partial charge in [-0.25, -0.2) is 23.1 Å². The SMILES string of the molecule is COc1ncccc1-c1cc(Oc2ccccc2)nc(NS(=O)(=O)c2ccccc2)n1. The fourth-order valence-corrected chi connectivity index (χ4v) is 3.76. The monoisotopic (exact) mass is 434 g/mol. The predicted octanol–water partition coefficient (Wildman–Crippen LogP) is 4.14. The number of ether oxygens (including phenoxy) is 2. The summed E-state index contributed by atoms with van der Waals surface area (Å²) in [5.74, 6) is 0.900. The van der Waals surface area contributed by atoms with Crippen molar-refractivity contribution in [2.45, 2.75) is 4.90 Å². The van der Waals surface area contributed by atoms with Crippen LogP contribution in [-0.4, -0.2) is 30.5 Å². The Morgan fingerprint density at radius 3 is 2.29 bits per heavy atom. The fraction of sp³-hybridized carbons (Fsp3) is 0.0455. The Balaban J connectivity index is 1.78. The Kier molecular flexibility index (Phi) is 5.76. The molecule has 156 valence electrons. The minimum absolute atomic E-state index is 0.0912. The number of sulfonamides is 1. The van der Waals surface area contributed by atoms with Crippen LogP contribution in [0.1, 0.15) is 0 Å². The Morgan fingerprint density at radius 1 is 0.871 bits per heavy atom.